The summed E-state index contributed by atoms with van der Waals surface area (Å²) in [4.78, 5) is 9.50. The molecule has 1 N–H and O–H groups in total. The van der Waals surface area contributed by atoms with Crippen LogP contribution in [0.25, 0.3) is 22.4 Å². The number of alkyl halides is 3. The first-order valence-corrected chi connectivity index (χ1v) is 32.7. The highest BCUT2D eigenvalue weighted by Crippen LogP contribution is 2.41. The van der Waals surface area contributed by atoms with Crippen LogP contribution in [0.1, 0.15) is 52.7 Å². The summed E-state index contributed by atoms with van der Waals surface area (Å²) in [5.41, 5.74) is 0.874. The highest BCUT2D eigenvalue weighted by Gasteiger charge is 2.41. The molecular weight excluding hydrogens is 976 g/mol. The number of nitrogens with zero attached hydrogens (tertiary/aromatic N) is 5. The van der Waals surface area contributed by atoms with Crippen LogP contribution in [-0.4, -0.2) is 85.1 Å². The van der Waals surface area contributed by atoms with Gasteiger partial charge in [-0.25, -0.2) is 27.5 Å². The van der Waals surface area contributed by atoms with Crippen LogP contribution in [0, 0.1) is 9.52 Å². The molecule has 0 amide bonds. The Kier molecular flexibility index (Phi) is 15.7. The van der Waals surface area contributed by atoms with E-state index in [1.165, 1.54) is 8.99 Å². The predicted molar refractivity (Wildman–Crippen MR) is 254 cm³/mol. The zero-order valence-electron chi connectivity index (χ0n) is 38.0. The molecule has 0 aliphatic carbocycles. The van der Waals surface area contributed by atoms with E-state index < -0.39 is 53.1 Å². The number of nitrogens with one attached hydrogen (secondary N) is 1. The lowest BCUT2D eigenvalue weighted by Crippen LogP contribution is -2.44. The molecule has 2 aromatic carbocycles. The summed E-state index contributed by atoms with van der Waals surface area (Å²) in [5.74, 6) is -1.06. The topological polar surface area (TPSA) is 121 Å². The maximum Gasteiger partial charge on any atom is 0.393 e. The van der Waals surface area contributed by atoms with Crippen LogP contribution in [0.15, 0.2) is 36.4 Å². The SMILES string of the molecule is CC(C)(C)[Si](C)(C)OCCN(c1ccccc1CNc1nc(-c2cc(F)c(O[Si](C)(C)C(C)(C)C)cc2CC(F)(F)F)nc2c1c(I)nn2COCC[Si](C)(C)C)S(C)(=O)=O. The number of aromatic nitrogens is 4. The van der Waals surface area contributed by atoms with Crippen molar-refractivity contribution in [3.05, 3.63) is 57.0 Å². The van der Waals surface area contributed by atoms with Gasteiger partial charge in [-0.2, -0.15) is 18.3 Å². The van der Waals surface area contributed by atoms with E-state index in [9.17, 15) is 21.6 Å². The highest BCUT2D eigenvalue weighted by molar-refractivity contribution is 14.1. The minimum atomic E-state index is -4.65. The Morgan fingerprint density at radius 3 is 2.08 bits per heavy atom. The van der Waals surface area contributed by atoms with Gasteiger partial charge >= 0.3 is 6.18 Å². The lowest BCUT2D eigenvalue weighted by Gasteiger charge is -2.37. The van der Waals surface area contributed by atoms with Crippen LogP contribution >= 0.6 is 22.6 Å². The molecule has 0 spiro atoms. The van der Waals surface area contributed by atoms with Crippen molar-refractivity contribution in [1.82, 2.24) is 19.7 Å². The lowest BCUT2D eigenvalue weighted by atomic mass is 10.0. The molecule has 2 aromatic heterocycles. The molecule has 11 nitrogen and oxygen atoms in total. The van der Waals surface area contributed by atoms with Gasteiger partial charge < -0.3 is 18.9 Å². The molecule has 0 fully saturated rings. The predicted octanol–water partition coefficient (Wildman–Crippen LogP) is 11.4. The van der Waals surface area contributed by atoms with E-state index in [4.69, 9.17) is 23.6 Å². The average molecular weight is 1040 g/mol. The summed E-state index contributed by atoms with van der Waals surface area (Å²) in [6, 6.07) is 10.1. The minimum Gasteiger partial charge on any atom is -0.542 e. The van der Waals surface area contributed by atoms with Gasteiger partial charge in [-0.15, -0.1) is 0 Å². The molecule has 61 heavy (non-hydrogen) atoms. The molecule has 340 valence electrons. The van der Waals surface area contributed by atoms with Crippen molar-refractivity contribution in [3.8, 4) is 17.1 Å². The Labute approximate surface area is 376 Å². The standard InChI is InChI=1S/C41H63F4IN6O5SSi3/c1-39(2,3)60(11,12)56-20-19-52(58(7,53)54)32-18-16-15-17-28(32)26-47-37-34-35(46)50-51(27-55-21-22-59(8,9)10)38(34)49-36(48-37)30-24-31(42)33(23-29(30)25-41(43,44)45)57-61(13,14)40(4,5)6/h15-18,23-24H,19-22,25-27H2,1-14H3,(H,47,48,49). The summed E-state index contributed by atoms with van der Waals surface area (Å²) in [7, 11) is -10.0. The number of anilines is 2. The Bertz CT molecular complexity index is 2290. The Balaban J connectivity index is 1.86. The van der Waals surface area contributed by atoms with Crippen molar-refractivity contribution < 1.29 is 39.6 Å². The Morgan fingerprint density at radius 2 is 1.51 bits per heavy atom. The molecular formula is C41H63F4IN6O5SSi3. The quantitative estimate of drug-likeness (QED) is 0.0449. The Morgan fingerprint density at radius 1 is 0.885 bits per heavy atom. The van der Waals surface area contributed by atoms with Gasteiger partial charge in [-0.1, -0.05) is 79.4 Å². The number of ether oxygens (including phenoxy) is 1. The summed E-state index contributed by atoms with van der Waals surface area (Å²) >= 11 is 2.05. The van der Waals surface area contributed by atoms with Crippen LogP contribution in [0.2, 0.25) is 61.9 Å². The van der Waals surface area contributed by atoms with E-state index in [2.05, 4.69) is 63.9 Å². The van der Waals surface area contributed by atoms with Gasteiger partial charge in [0, 0.05) is 26.8 Å². The third-order valence-electron chi connectivity index (χ3n) is 11.4. The normalized spacial score (nSPS) is 13.6. The van der Waals surface area contributed by atoms with Gasteiger partial charge in [-0.05, 0) is 94.2 Å². The number of rotatable bonds is 18. The molecule has 0 bridgehead atoms. The van der Waals surface area contributed by atoms with E-state index >= 15 is 4.39 Å². The van der Waals surface area contributed by atoms with Gasteiger partial charge in [0.2, 0.25) is 10.0 Å². The van der Waals surface area contributed by atoms with Crippen LogP contribution in [0.4, 0.5) is 29.1 Å². The fourth-order valence-corrected chi connectivity index (χ4v) is 10.2. The van der Waals surface area contributed by atoms with Gasteiger partial charge in [-0.3, -0.25) is 4.31 Å². The van der Waals surface area contributed by atoms with Crippen LogP contribution in [0.3, 0.4) is 0 Å². The smallest absolute Gasteiger partial charge is 0.393 e. The Hall–Kier alpha value is -2.64. The first-order chi connectivity index (χ1) is 27.7. The maximum absolute atomic E-state index is 16.1. The number of halogens is 5. The second kappa shape index (κ2) is 18.8. The number of para-hydroxylation sites is 1. The molecule has 0 saturated heterocycles. The van der Waals surface area contributed by atoms with Crippen molar-refractivity contribution >= 4 is 79.9 Å². The number of hydrogen-bond donors (Lipinski definition) is 1. The van der Waals surface area contributed by atoms with Crippen molar-refractivity contribution in [2.75, 3.05) is 35.6 Å². The molecule has 0 radical (unpaired) electrons. The lowest BCUT2D eigenvalue weighted by molar-refractivity contribution is -0.127. The van der Waals surface area contributed by atoms with Gasteiger partial charge in [0.25, 0.3) is 8.32 Å². The molecule has 0 unspecified atom stereocenters. The number of sulfonamides is 1. The van der Waals surface area contributed by atoms with Gasteiger partial charge in [0.15, 0.2) is 25.6 Å². The molecule has 20 heteroatoms. The van der Waals surface area contributed by atoms with Crippen LogP contribution < -0.4 is 14.0 Å². The van der Waals surface area contributed by atoms with E-state index in [1.54, 1.807) is 24.3 Å². The summed E-state index contributed by atoms with van der Waals surface area (Å²) in [5, 5.41) is 8.04. The molecule has 0 atom stereocenters. The molecule has 4 rings (SSSR count). The largest absolute Gasteiger partial charge is 0.542 e. The van der Waals surface area contributed by atoms with Crippen LogP contribution in [-0.2, 0) is 38.9 Å². The molecule has 2 heterocycles. The first-order valence-electron chi connectivity index (χ1n) is 20.2. The van der Waals surface area contributed by atoms with Crippen molar-refractivity contribution in [3.63, 3.8) is 0 Å². The summed E-state index contributed by atoms with van der Waals surface area (Å²) in [6.07, 6.45) is -4.89. The second-order valence-corrected chi connectivity index (χ2v) is 37.8. The minimum absolute atomic E-state index is 0.00599. The van der Waals surface area contributed by atoms with E-state index in [-0.39, 0.29) is 70.7 Å². The number of fused-ring (bicyclic) bond motifs is 1. The fourth-order valence-electron chi connectivity index (χ4n) is 5.72. The zero-order chi connectivity index (χ0) is 46.1. The second-order valence-electron chi connectivity index (χ2n) is 19.8. The van der Waals surface area contributed by atoms with E-state index in [0.717, 1.165) is 24.4 Å². The fraction of sp³-hybridized carbons (Fsp3) is 0.585. The van der Waals surface area contributed by atoms with Gasteiger partial charge in [0.05, 0.1) is 36.9 Å². The monoisotopic (exact) mass is 1040 g/mol. The zero-order valence-corrected chi connectivity index (χ0v) is 44.0. The first kappa shape index (κ1) is 51.0. The third kappa shape index (κ3) is 13.4. The number of benzene rings is 2. The molecule has 0 aliphatic rings. The summed E-state index contributed by atoms with van der Waals surface area (Å²) in [6.45, 7) is 27.7. The number of hydrogen-bond acceptors (Lipinski definition) is 9. The third-order valence-corrected chi connectivity index (χ3v) is 23.9. The maximum atomic E-state index is 16.1. The molecule has 0 aliphatic heterocycles. The van der Waals surface area contributed by atoms with Crippen molar-refractivity contribution in [1.29, 1.82) is 0 Å². The van der Waals surface area contributed by atoms with E-state index in [0.29, 0.717) is 26.9 Å². The molecule has 0 saturated carbocycles. The van der Waals surface area contributed by atoms with Gasteiger partial charge in [0.1, 0.15) is 22.0 Å². The van der Waals surface area contributed by atoms with Crippen molar-refractivity contribution in [2.45, 2.75) is 129 Å². The van der Waals surface area contributed by atoms with E-state index in [1.807, 2.05) is 56.5 Å². The van der Waals surface area contributed by atoms with Crippen LogP contribution in [0.5, 0.6) is 5.75 Å². The average Bonchev–Trinajstić information content (AvgIpc) is 3.41. The van der Waals surface area contributed by atoms with Crippen molar-refractivity contribution in [2.24, 2.45) is 0 Å². The molecule has 4 aromatic rings. The summed E-state index contributed by atoms with van der Waals surface area (Å²) < 4.78 is 107. The highest BCUT2D eigenvalue weighted by atomic mass is 127.